The molecule has 2 aromatic rings. The molecule has 0 atom stereocenters. The summed E-state index contributed by atoms with van der Waals surface area (Å²) in [5.74, 6) is 0.999. The van der Waals surface area contributed by atoms with Crippen LogP contribution in [0.5, 0.6) is 0 Å². The van der Waals surface area contributed by atoms with Crippen molar-refractivity contribution < 1.29 is 13.2 Å². The third-order valence-electron chi connectivity index (χ3n) is 4.66. The van der Waals surface area contributed by atoms with Gasteiger partial charge in [0.2, 0.25) is 10.0 Å². The SMILES string of the molecule is Cc1ccc(SCCCNC(=O)c2ccc(N3CCCCS3(=O)=O)cc2)cc1. The minimum atomic E-state index is -3.23. The van der Waals surface area contributed by atoms with E-state index in [-0.39, 0.29) is 11.7 Å². The van der Waals surface area contributed by atoms with Gasteiger partial charge in [-0.3, -0.25) is 9.10 Å². The Morgan fingerprint density at radius 2 is 1.79 bits per heavy atom. The highest BCUT2D eigenvalue weighted by molar-refractivity contribution is 7.99. The molecule has 1 aliphatic rings. The molecular formula is C21H26N2O3S2. The van der Waals surface area contributed by atoms with Crippen LogP contribution in [0, 0.1) is 6.92 Å². The standard InChI is InChI=1S/C21H26N2O3S2/c1-17-5-11-20(12-6-17)27-15-4-13-22-21(24)18-7-9-19(10-8-18)23-14-2-3-16-28(23,25)26/h5-12H,2-4,13-16H2,1H3,(H,22,24). The van der Waals surface area contributed by atoms with Crippen LogP contribution in [0.1, 0.15) is 35.2 Å². The summed E-state index contributed by atoms with van der Waals surface area (Å²) in [7, 11) is -3.23. The van der Waals surface area contributed by atoms with Crippen molar-refractivity contribution in [2.45, 2.75) is 31.1 Å². The highest BCUT2D eigenvalue weighted by atomic mass is 32.2. The number of nitrogens with zero attached hydrogens (tertiary/aromatic N) is 1. The minimum Gasteiger partial charge on any atom is -0.352 e. The van der Waals surface area contributed by atoms with E-state index >= 15 is 0 Å². The Hall–Kier alpha value is -1.99. The van der Waals surface area contributed by atoms with Crippen LogP contribution in [0.15, 0.2) is 53.4 Å². The Bertz CT molecular complexity index is 894. The van der Waals surface area contributed by atoms with Crippen LogP contribution in [0.4, 0.5) is 5.69 Å². The summed E-state index contributed by atoms with van der Waals surface area (Å²) >= 11 is 1.78. The Balaban J connectivity index is 1.45. The van der Waals surface area contributed by atoms with E-state index in [4.69, 9.17) is 0 Å². The fourth-order valence-corrected chi connectivity index (χ4v) is 5.55. The zero-order valence-electron chi connectivity index (χ0n) is 16.1. The van der Waals surface area contributed by atoms with Gasteiger partial charge < -0.3 is 5.32 Å². The quantitative estimate of drug-likeness (QED) is 0.548. The first-order valence-electron chi connectivity index (χ1n) is 9.54. The second-order valence-corrected chi connectivity index (χ2v) is 10.1. The molecule has 1 aliphatic heterocycles. The van der Waals surface area contributed by atoms with Gasteiger partial charge in [-0.1, -0.05) is 17.7 Å². The van der Waals surface area contributed by atoms with Crippen molar-refractivity contribution in [3.63, 3.8) is 0 Å². The first-order valence-corrected chi connectivity index (χ1v) is 12.1. The number of rotatable bonds is 7. The van der Waals surface area contributed by atoms with E-state index in [0.29, 0.717) is 30.8 Å². The van der Waals surface area contributed by atoms with Crippen LogP contribution < -0.4 is 9.62 Å². The molecule has 150 valence electrons. The Morgan fingerprint density at radius 1 is 1.07 bits per heavy atom. The number of anilines is 1. The highest BCUT2D eigenvalue weighted by Crippen LogP contribution is 2.24. The number of amides is 1. The zero-order valence-corrected chi connectivity index (χ0v) is 17.7. The first kappa shape index (κ1) is 20.7. The second kappa shape index (κ2) is 9.47. The van der Waals surface area contributed by atoms with E-state index in [1.54, 1.807) is 36.0 Å². The Kier molecular flexibility index (Phi) is 7.02. The molecule has 0 aliphatic carbocycles. The molecule has 7 heteroatoms. The molecule has 3 rings (SSSR count). The largest absolute Gasteiger partial charge is 0.352 e. The van der Waals surface area contributed by atoms with E-state index in [1.165, 1.54) is 14.8 Å². The molecule has 28 heavy (non-hydrogen) atoms. The number of carbonyl (C=O) groups is 1. The highest BCUT2D eigenvalue weighted by Gasteiger charge is 2.25. The fraction of sp³-hybridized carbons (Fsp3) is 0.381. The average molecular weight is 419 g/mol. The van der Waals surface area contributed by atoms with Crippen molar-refractivity contribution in [3.05, 3.63) is 59.7 Å². The average Bonchev–Trinajstić information content (AvgIpc) is 2.69. The molecule has 0 spiro atoms. The van der Waals surface area contributed by atoms with Gasteiger partial charge >= 0.3 is 0 Å². The lowest BCUT2D eigenvalue weighted by atomic mass is 10.2. The smallest absolute Gasteiger partial charge is 0.251 e. The number of nitrogens with one attached hydrogen (secondary N) is 1. The number of sulfonamides is 1. The van der Waals surface area contributed by atoms with Crippen LogP contribution >= 0.6 is 11.8 Å². The Labute approximate surface area is 171 Å². The van der Waals surface area contributed by atoms with Crippen LogP contribution in [0.2, 0.25) is 0 Å². The molecule has 5 nitrogen and oxygen atoms in total. The Morgan fingerprint density at radius 3 is 2.46 bits per heavy atom. The van der Waals surface area contributed by atoms with E-state index in [2.05, 4.69) is 36.5 Å². The van der Waals surface area contributed by atoms with Crippen molar-refractivity contribution in [1.29, 1.82) is 0 Å². The lowest BCUT2D eigenvalue weighted by Gasteiger charge is -2.28. The van der Waals surface area contributed by atoms with E-state index in [0.717, 1.165) is 18.6 Å². The fourth-order valence-electron chi connectivity index (χ4n) is 3.06. The lowest BCUT2D eigenvalue weighted by molar-refractivity contribution is 0.0954. The van der Waals surface area contributed by atoms with Crippen molar-refractivity contribution in [2.75, 3.05) is 28.9 Å². The maximum Gasteiger partial charge on any atom is 0.251 e. The number of thioether (sulfide) groups is 1. The van der Waals surface area contributed by atoms with Gasteiger partial charge in [0.25, 0.3) is 5.91 Å². The summed E-state index contributed by atoms with van der Waals surface area (Å²) in [6.45, 7) is 3.19. The minimum absolute atomic E-state index is 0.131. The molecule has 1 N–H and O–H groups in total. The normalized spacial score (nSPS) is 16.0. The van der Waals surface area contributed by atoms with Crippen LogP contribution in [-0.2, 0) is 10.0 Å². The number of benzene rings is 2. The summed E-state index contributed by atoms with van der Waals surface area (Å²) < 4.78 is 25.8. The van der Waals surface area contributed by atoms with Crippen molar-refractivity contribution in [1.82, 2.24) is 5.32 Å². The number of aryl methyl sites for hydroxylation is 1. The van der Waals surface area contributed by atoms with Gasteiger partial charge in [-0.2, -0.15) is 0 Å². The monoisotopic (exact) mass is 418 g/mol. The molecule has 0 radical (unpaired) electrons. The van der Waals surface area contributed by atoms with Gasteiger partial charge in [-0.05, 0) is 68.3 Å². The molecule has 0 unspecified atom stereocenters. The van der Waals surface area contributed by atoms with Crippen molar-refractivity contribution >= 4 is 33.4 Å². The van der Waals surface area contributed by atoms with Gasteiger partial charge in [0.15, 0.2) is 0 Å². The van der Waals surface area contributed by atoms with Gasteiger partial charge in [0.05, 0.1) is 11.4 Å². The summed E-state index contributed by atoms with van der Waals surface area (Å²) in [5.41, 5.74) is 2.43. The molecule has 1 amide bonds. The van der Waals surface area contributed by atoms with E-state index in [1.807, 2.05) is 0 Å². The summed E-state index contributed by atoms with van der Waals surface area (Å²) in [4.78, 5) is 13.5. The lowest BCUT2D eigenvalue weighted by Crippen LogP contribution is -2.37. The molecule has 1 heterocycles. The summed E-state index contributed by atoms with van der Waals surface area (Å²) in [6.07, 6.45) is 2.46. The summed E-state index contributed by atoms with van der Waals surface area (Å²) in [6, 6.07) is 15.2. The van der Waals surface area contributed by atoms with Gasteiger partial charge in [-0.25, -0.2) is 8.42 Å². The van der Waals surface area contributed by atoms with Gasteiger partial charge in [-0.15, -0.1) is 11.8 Å². The topological polar surface area (TPSA) is 66.5 Å². The van der Waals surface area contributed by atoms with E-state index in [9.17, 15) is 13.2 Å². The predicted octanol–water partition coefficient (Wildman–Crippen LogP) is 3.84. The zero-order chi connectivity index (χ0) is 20.0. The van der Waals surface area contributed by atoms with Crippen LogP contribution in [0.25, 0.3) is 0 Å². The van der Waals surface area contributed by atoms with Crippen LogP contribution in [-0.4, -0.2) is 38.9 Å². The van der Waals surface area contributed by atoms with Crippen molar-refractivity contribution in [2.24, 2.45) is 0 Å². The molecule has 2 aromatic carbocycles. The molecule has 0 aromatic heterocycles. The third kappa shape index (κ3) is 5.52. The summed E-state index contributed by atoms with van der Waals surface area (Å²) in [5, 5.41) is 2.93. The molecule has 1 fully saturated rings. The second-order valence-electron chi connectivity index (χ2n) is 6.91. The molecular weight excluding hydrogens is 392 g/mol. The van der Waals surface area contributed by atoms with Crippen LogP contribution in [0.3, 0.4) is 0 Å². The number of hydrogen-bond donors (Lipinski definition) is 1. The first-order chi connectivity index (χ1) is 13.5. The molecule has 1 saturated heterocycles. The molecule has 0 saturated carbocycles. The van der Waals surface area contributed by atoms with Gasteiger partial charge in [0, 0.05) is 23.5 Å². The van der Waals surface area contributed by atoms with Gasteiger partial charge in [0.1, 0.15) is 0 Å². The maximum atomic E-state index is 12.3. The van der Waals surface area contributed by atoms with E-state index < -0.39 is 10.0 Å². The molecule has 0 bridgehead atoms. The van der Waals surface area contributed by atoms with Crippen molar-refractivity contribution in [3.8, 4) is 0 Å². The number of carbonyl (C=O) groups excluding carboxylic acids is 1. The predicted molar refractivity (Wildman–Crippen MR) is 116 cm³/mol. The maximum absolute atomic E-state index is 12.3. The number of hydrogen-bond acceptors (Lipinski definition) is 4. The third-order valence-corrected chi connectivity index (χ3v) is 7.63.